The van der Waals surface area contributed by atoms with Gasteiger partial charge in [-0.05, 0) is 32.9 Å². The smallest absolute Gasteiger partial charge is 0.306 e. The minimum absolute atomic E-state index is 0.00430. The van der Waals surface area contributed by atoms with E-state index in [1.54, 1.807) is 0 Å². The van der Waals surface area contributed by atoms with Gasteiger partial charge in [0.15, 0.2) is 18.3 Å². The summed E-state index contributed by atoms with van der Waals surface area (Å²) in [4.78, 5) is 28.7. The second-order valence-electron chi connectivity index (χ2n) is 7.21. The molecule has 0 fully saturated rings. The molecular formula is C22H28N3O3+. The van der Waals surface area contributed by atoms with Crippen molar-refractivity contribution in [3.8, 4) is 0 Å². The lowest BCUT2D eigenvalue weighted by atomic mass is 9.99. The Kier molecular flexibility index (Phi) is 6.39. The van der Waals surface area contributed by atoms with E-state index in [1.807, 2.05) is 44.3 Å². The van der Waals surface area contributed by atoms with Crippen LogP contribution in [0.2, 0.25) is 0 Å². The van der Waals surface area contributed by atoms with Crippen LogP contribution >= 0.6 is 0 Å². The summed E-state index contributed by atoms with van der Waals surface area (Å²) in [6.07, 6.45) is 5.07. The first-order valence-electron chi connectivity index (χ1n) is 9.89. The summed E-state index contributed by atoms with van der Waals surface area (Å²) in [6, 6.07) is 8.25. The predicted molar refractivity (Wildman–Crippen MR) is 109 cm³/mol. The highest BCUT2D eigenvalue weighted by Crippen LogP contribution is 2.18. The van der Waals surface area contributed by atoms with Gasteiger partial charge in [-0.2, -0.15) is 0 Å². The number of esters is 1. The first-order chi connectivity index (χ1) is 13.5. The molecule has 0 spiro atoms. The van der Waals surface area contributed by atoms with Gasteiger partial charge >= 0.3 is 5.97 Å². The first kappa shape index (κ1) is 20.0. The molecule has 0 radical (unpaired) electrons. The zero-order chi connectivity index (χ0) is 20.1. The Morgan fingerprint density at radius 2 is 2.18 bits per heavy atom. The first-order valence-corrected chi connectivity index (χ1v) is 9.89. The van der Waals surface area contributed by atoms with Crippen LogP contribution in [-0.4, -0.2) is 60.2 Å². The molecule has 2 aliphatic rings. The molecule has 2 atom stereocenters. The largest absolute Gasteiger partial charge is 0.466 e. The van der Waals surface area contributed by atoms with Crippen molar-refractivity contribution in [2.75, 3.05) is 19.7 Å². The van der Waals surface area contributed by atoms with E-state index in [1.165, 1.54) is 0 Å². The van der Waals surface area contributed by atoms with E-state index in [2.05, 4.69) is 27.9 Å². The Labute approximate surface area is 166 Å². The van der Waals surface area contributed by atoms with Gasteiger partial charge in [-0.15, -0.1) is 0 Å². The molecule has 1 aromatic carbocycles. The van der Waals surface area contributed by atoms with Gasteiger partial charge in [-0.25, -0.2) is 4.58 Å². The normalized spacial score (nSPS) is 20.6. The Hall–Kier alpha value is -2.76. The molecule has 0 aliphatic carbocycles. The average Bonchev–Trinajstić information content (AvgIpc) is 3.16. The van der Waals surface area contributed by atoms with Crippen molar-refractivity contribution < 1.29 is 18.9 Å². The number of hydrogen-bond donors (Lipinski definition) is 1. The van der Waals surface area contributed by atoms with Gasteiger partial charge in [0.2, 0.25) is 0 Å². The van der Waals surface area contributed by atoms with Gasteiger partial charge in [-0.3, -0.25) is 14.6 Å². The Morgan fingerprint density at radius 1 is 1.36 bits per heavy atom. The maximum atomic E-state index is 12.8. The monoisotopic (exact) mass is 382 g/mol. The number of benzene rings is 1. The SMILES string of the molecule is CCOC(=O)CCC[N+]1=CC(NC(=O)C2=CCN=C2c2cccc(C)c2)C1C. The topological polar surface area (TPSA) is 70.8 Å². The molecule has 0 saturated carbocycles. The minimum atomic E-state index is -0.156. The zero-order valence-corrected chi connectivity index (χ0v) is 16.8. The number of nitrogens with zero attached hydrogens (tertiary/aromatic N) is 2. The van der Waals surface area contributed by atoms with Gasteiger partial charge in [0.05, 0.1) is 30.9 Å². The third kappa shape index (κ3) is 4.55. The summed E-state index contributed by atoms with van der Waals surface area (Å²) < 4.78 is 7.10. The van der Waals surface area contributed by atoms with Crippen LogP contribution in [-0.2, 0) is 14.3 Å². The third-order valence-corrected chi connectivity index (χ3v) is 5.13. The lowest BCUT2D eigenvalue weighted by molar-refractivity contribution is -0.586. The van der Waals surface area contributed by atoms with Crippen molar-refractivity contribution in [3.05, 3.63) is 47.0 Å². The summed E-state index contributed by atoms with van der Waals surface area (Å²) in [6.45, 7) is 7.66. The van der Waals surface area contributed by atoms with E-state index >= 15 is 0 Å². The molecule has 28 heavy (non-hydrogen) atoms. The number of nitrogens with one attached hydrogen (secondary N) is 1. The molecule has 1 N–H and O–H groups in total. The quantitative estimate of drug-likeness (QED) is 0.552. The number of aryl methyl sites for hydroxylation is 1. The van der Waals surface area contributed by atoms with Gasteiger partial charge in [-0.1, -0.05) is 23.8 Å². The highest BCUT2D eigenvalue weighted by Gasteiger charge is 2.38. The van der Waals surface area contributed by atoms with Gasteiger partial charge in [0, 0.05) is 12.0 Å². The van der Waals surface area contributed by atoms with Crippen LogP contribution in [0.3, 0.4) is 0 Å². The van der Waals surface area contributed by atoms with E-state index in [4.69, 9.17) is 4.74 Å². The molecule has 6 heteroatoms. The van der Waals surface area contributed by atoms with Crippen molar-refractivity contribution in [1.29, 1.82) is 0 Å². The Balaban J connectivity index is 1.53. The predicted octanol–water partition coefficient (Wildman–Crippen LogP) is 2.04. The summed E-state index contributed by atoms with van der Waals surface area (Å²) in [5.41, 5.74) is 3.53. The van der Waals surface area contributed by atoms with Gasteiger partial charge in [0.25, 0.3) is 5.91 Å². The second kappa shape index (κ2) is 8.95. The molecule has 1 aromatic rings. The number of carbonyl (C=O) groups excluding carboxylic acids is 2. The van der Waals surface area contributed by atoms with Crippen LogP contribution in [0.25, 0.3) is 0 Å². The number of carbonyl (C=O) groups is 2. The maximum absolute atomic E-state index is 12.8. The molecule has 0 aromatic heterocycles. The van der Waals surface area contributed by atoms with Crippen molar-refractivity contribution in [1.82, 2.24) is 5.32 Å². The molecule has 2 aliphatic heterocycles. The second-order valence-corrected chi connectivity index (χ2v) is 7.21. The van der Waals surface area contributed by atoms with Gasteiger partial charge < -0.3 is 10.1 Å². The highest BCUT2D eigenvalue weighted by atomic mass is 16.5. The summed E-state index contributed by atoms with van der Waals surface area (Å²) in [5, 5.41) is 3.09. The number of hydrogen-bond acceptors (Lipinski definition) is 4. The summed E-state index contributed by atoms with van der Waals surface area (Å²) in [5.74, 6) is -0.242. The standard InChI is InChI=1S/C22H27N3O3/c1-4-28-20(26)9-6-12-25-14-19(16(25)3)24-22(27)18-10-11-23-21(18)17-8-5-7-15(2)13-17/h5,7-8,10,13-14,16,19H,4,6,9,11-12H2,1-3H3/p+1. The van der Waals surface area contributed by atoms with Crippen LogP contribution in [0.4, 0.5) is 0 Å². The molecule has 2 unspecified atom stereocenters. The molecule has 0 bridgehead atoms. The van der Waals surface area contributed by atoms with E-state index < -0.39 is 0 Å². The number of amides is 1. The molecular weight excluding hydrogens is 354 g/mol. The van der Waals surface area contributed by atoms with Crippen LogP contribution in [0, 0.1) is 6.92 Å². The lowest BCUT2D eigenvalue weighted by Crippen LogP contribution is -2.58. The fourth-order valence-corrected chi connectivity index (χ4v) is 3.53. The Bertz CT molecular complexity index is 854. The van der Waals surface area contributed by atoms with Crippen LogP contribution in [0.1, 0.15) is 37.8 Å². The third-order valence-electron chi connectivity index (χ3n) is 5.13. The molecule has 1 amide bonds. The van der Waals surface area contributed by atoms with E-state index in [9.17, 15) is 9.59 Å². The van der Waals surface area contributed by atoms with Crippen molar-refractivity contribution in [2.24, 2.45) is 4.99 Å². The van der Waals surface area contributed by atoms with Crippen molar-refractivity contribution in [3.63, 3.8) is 0 Å². The fraction of sp³-hybridized carbons (Fsp3) is 0.455. The van der Waals surface area contributed by atoms with Crippen LogP contribution in [0.5, 0.6) is 0 Å². The molecule has 2 heterocycles. The fourth-order valence-electron chi connectivity index (χ4n) is 3.53. The van der Waals surface area contributed by atoms with Gasteiger partial charge in [0.1, 0.15) is 6.54 Å². The minimum Gasteiger partial charge on any atom is -0.466 e. The summed E-state index contributed by atoms with van der Waals surface area (Å²) in [7, 11) is 0. The molecule has 6 nitrogen and oxygen atoms in total. The van der Waals surface area contributed by atoms with E-state index in [-0.39, 0.29) is 24.0 Å². The highest BCUT2D eigenvalue weighted by molar-refractivity contribution is 6.29. The van der Waals surface area contributed by atoms with Crippen LogP contribution in [0.15, 0.2) is 40.9 Å². The number of aliphatic imine (C=N–C) groups is 1. The lowest BCUT2D eigenvalue weighted by Gasteiger charge is -2.27. The van der Waals surface area contributed by atoms with E-state index in [0.29, 0.717) is 25.1 Å². The van der Waals surface area contributed by atoms with Crippen molar-refractivity contribution in [2.45, 2.75) is 45.7 Å². The average molecular weight is 382 g/mol. The maximum Gasteiger partial charge on any atom is 0.306 e. The summed E-state index contributed by atoms with van der Waals surface area (Å²) >= 11 is 0. The van der Waals surface area contributed by atoms with Crippen molar-refractivity contribution >= 4 is 23.8 Å². The zero-order valence-electron chi connectivity index (χ0n) is 16.8. The Morgan fingerprint density at radius 3 is 2.89 bits per heavy atom. The molecule has 0 saturated heterocycles. The van der Waals surface area contributed by atoms with Crippen LogP contribution < -0.4 is 5.32 Å². The van der Waals surface area contributed by atoms with E-state index in [0.717, 1.165) is 29.8 Å². The number of rotatable bonds is 8. The number of ether oxygens (including phenoxy) is 1. The molecule has 148 valence electrons. The molecule has 3 rings (SSSR count).